The van der Waals surface area contributed by atoms with Crippen LogP contribution in [0.5, 0.6) is 0 Å². The van der Waals surface area contributed by atoms with Crippen LogP contribution < -0.4 is 0 Å². The van der Waals surface area contributed by atoms with Crippen LogP contribution in [-0.4, -0.2) is 0 Å². The lowest BCUT2D eigenvalue weighted by Gasteiger charge is -2.13. The van der Waals surface area contributed by atoms with Crippen LogP contribution in [0, 0.1) is 0 Å². The minimum atomic E-state index is -0.125. The average Bonchev–Trinajstić information content (AvgIpc) is 2.33. The van der Waals surface area contributed by atoms with Crippen LogP contribution in [0.3, 0.4) is 0 Å². The van der Waals surface area contributed by atoms with Crippen molar-refractivity contribution in [2.45, 2.75) is 11.8 Å². The van der Waals surface area contributed by atoms with Gasteiger partial charge in [0.2, 0.25) is 0 Å². The number of alkyl halides is 1. The lowest BCUT2D eigenvalue weighted by Crippen LogP contribution is -1.97. The van der Waals surface area contributed by atoms with E-state index in [1.54, 1.807) is 6.07 Å². The van der Waals surface area contributed by atoms with Gasteiger partial charge in [0.1, 0.15) is 0 Å². The predicted octanol–water partition coefficient (Wildman–Crippen LogP) is 7.04. The van der Waals surface area contributed by atoms with Gasteiger partial charge in [0.25, 0.3) is 0 Å². The number of hydrogen-bond donors (Lipinski definition) is 0. The van der Waals surface area contributed by atoms with E-state index in [-0.39, 0.29) is 5.38 Å². The van der Waals surface area contributed by atoms with Crippen molar-refractivity contribution in [1.29, 1.82) is 0 Å². The molecule has 100 valence electrons. The molecule has 0 aliphatic rings. The molecule has 1 atom stereocenters. The van der Waals surface area contributed by atoms with Gasteiger partial charge in [-0.1, -0.05) is 67.2 Å². The fourth-order valence-electron chi connectivity index (χ4n) is 1.74. The molecule has 0 fully saturated rings. The molecule has 5 heteroatoms. The first kappa shape index (κ1) is 15.7. The molecule has 0 heterocycles. The average molecular weight is 443 g/mol. The van der Waals surface area contributed by atoms with E-state index in [2.05, 4.69) is 31.9 Å². The fourth-order valence-corrected chi connectivity index (χ4v) is 3.88. The van der Waals surface area contributed by atoms with Gasteiger partial charge in [-0.2, -0.15) is 0 Å². The molecule has 0 bridgehead atoms. The maximum Gasteiger partial charge on any atom is 0.0636 e. The molecule has 0 aliphatic heterocycles. The van der Waals surface area contributed by atoms with Crippen molar-refractivity contribution in [1.82, 2.24) is 0 Å². The van der Waals surface area contributed by atoms with Gasteiger partial charge in [-0.25, -0.2) is 0 Å². The topological polar surface area (TPSA) is 0 Å². The minimum absolute atomic E-state index is 0.125. The molecular formula is C14H9Br2Cl3. The van der Waals surface area contributed by atoms with E-state index < -0.39 is 0 Å². The van der Waals surface area contributed by atoms with Crippen molar-refractivity contribution in [2.75, 3.05) is 0 Å². The van der Waals surface area contributed by atoms with Crippen LogP contribution >= 0.6 is 66.7 Å². The SMILES string of the molecule is Clc1ccc(CC(Cl)c2ccc(Br)cc2Br)cc1Cl. The quantitative estimate of drug-likeness (QED) is 0.447. The second-order valence-electron chi connectivity index (χ2n) is 4.09. The Bertz CT molecular complexity index is 599. The smallest absolute Gasteiger partial charge is 0.0636 e. The zero-order chi connectivity index (χ0) is 14.0. The Balaban J connectivity index is 2.20. The van der Waals surface area contributed by atoms with E-state index in [1.807, 2.05) is 30.3 Å². The molecule has 1 unspecified atom stereocenters. The lowest BCUT2D eigenvalue weighted by atomic mass is 10.0. The standard InChI is InChI=1S/C14H9Br2Cl3/c15-9-2-3-10(11(16)7-9)13(18)5-8-1-4-12(17)14(19)6-8/h1-4,6-7,13H,5H2. The summed E-state index contributed by atoms with van der Waals surface area (Å²) < 4.78 is 2.00. The highest BCUT2D eigenvalue weighted by Crippen LogP contribution is 2.34. The van der Waals surface area contributed by atoms with Crippen LogP contribution in [0.1, 0.15) is 16.5 Å². The van der Waals surface area contributed by atoms with E-state index in [0.717, 1.165) is 20.1 Å². The fraction of sp³-hybridized carbons (Fsp3) is 0.143. The zero-order valence-electron chi connectivity index (χ0n) is 9.64. The van der Waals surface area contributed by atoms with Gasteiger partial charge in [0, 0.05) is 8.95 Å². The third-order valence-electron chi connectivity index (χ3n) is 2.70. The Kier molecular flexibility index (Phi) is 5.62. The molecule has 0 spiro atoms. The predicted molar refractivity (Wildman–Crippen MR) is 90.6 cm³/mol. The molecule has 0 aliphatic carbocycles. The Morgan fingerprint density at radius 1 is 0.947 bits per heavy atom. The first-order chi connectivity index (χ1) is 8.97. The van der Waals surface area contributed by atoms with Crippen molar-refractivity contribution in [3.63, 3.8) is 0 Å². The molecule has 0 saturated heterocycles. The van der Waals surface area contributed by atoms with Crippen molar-refractivity contribution in [3.05, 3.63) is 66.5 Å². The molecule has 2 aromatic carbocycles. The molecule has 0 N–H and O–H groups in total. The normalized spacial score (nSPS) is 12.5. The minimum Gasteiger partial charge on any atom is -0.117 e. The highest BCUT2D eigenvalue weighted by molar-refractivity contribution is 9.11. The van der Waals surface area contributed by atoms with Crippen molar-refractivity contribution >= 4 is 66.7 Å². The monoisotopic (exact) mass is 440 g/mol. The Morgan fingerprint density at radius 2 is 1.68 bits per heavy atom. The zero-order valence-corrected chi connectivity index (χ0v) is 15.1. The summed E-state index contributed by atoms with van der Waals surface area (Å²) in [4.78, 5) is 0. The largest absolute Gasteiger partial charge is 0.117 e. The highest BCUT2D eigenvalue weighted by atomic mass is 79.9. The maximum atomic E-state index is 6.47. The molecule has 0 nitrogen and oxygen atoms in total. The molecule has 0 aromatic heterocycles. The number of hydrogen-bond acceptors (Lipinski definition) is 0. The van der Waals surface area contributed by atoms with Gasteiger partial charge in [0.05, 0.1) is 15.4 Å². The summed E-state index contributed by atoms with van der Waals surface area (Å²) in [5, 5.41) is 0.985. The van der Waals surface area contributed by atoms with E-state index in [0.29, 0.717) is 16.5 Å². The third-order valence-corrected chi connectivity index (χ3v) is 5.01. The van der Waals surface area contributed by atoms with Crippen LogP contribution in [-0.2, 0) is 6.42 Å². The van der Waals surface area contributed by atoms with Gasteiger partial charge < -0.3 is 0 Å². The number of rotatable bonds is 3. The van der Waals surface area contributed by atoms with Gasteiger partial charge in [-0.15, -0.1) is 11.6 Å². The molecule has 2 rings (SSSR count). The summed E-state index contributed by atoms with van der Waals surface area (Å²) in [6, 6.07) is 11.6. The summed E-state index contributed by atoms with van der Waals surface area (Å²) in [5.74, 6) is 0. The highest BCUT2D eigenvalue weighted by Gasteiger charge is 2.13. The molecular weight excluding hydrogens is 434 g/mol. The first-order valence-corrected chi connectivity index (χ1v) is 8.28. The maximum absolute atomic E-state index is 6.47. The summed E-state index contributed by atoms with van der Waals surface area (Å²) in [6.07, 6.45) is 0.693. The van der Waals surface area contributed by atoms with Crippen LogP contribution in [0.25, 0.3) is 0 Å². The van der Waals surface area contributed by atoms with Crippen molar-refractivity contribution < 1.29 is 0 Å². The van der Waals surface area contributed by atoms with Gasteiger partial charge in [0.15, 0.2) is 0 Å². The van der Waals surface area contributed by atoms with Gasteiger partial charge >= 0.3 is 0 Å². The third kappa shape index (κ3) is 4.12. The Labute approximate surface area is 144 Å². The molecule has 2 aromatic rings. The summed E-state index contributed by atoms with van der Waals surface area (Å²) in [6.45, 7) is 0. The molecule has 0 saturated carbocycles. The molecule has 19 heavy (non-hydrogen) atoms. The summed E-state index contributed by atoms with van der Waals surface area (Å²) >= 11 is 25.3. The number of halogens is 5. The Morgan fingerprint density at radius 3 is 2.32 bits per heavy atom. The second kappa shape index (κ2) is 6.82. The van der Waals surface area contributed by atoms with Crippen LogP contribution in [0.15, 0.2) is 45.3 Å². The first-order valence-electron chi connectivity index (χ1n) is 5.50. The number of benzene rings is 2. The van der Waals surface area contributed by atoms with Crippen LogP contribution in [0.4, 0.5) is 0 Å². The Hall–Kier alpha value is 0.270. The molecule has 0 amide bonds. The summed E-state index contributed by atoms with van der Waals surface area (Å²) in [5.41, 5.74) is 2.11. The van der Waals surface area contributed by atoms with E-state index >= 15 is 0 Å². The van der Waals surface area contributed by atoms with Crippen LogP contribution in [0.2, 0.25) is 10.0 Å². The van der Waals surface area contributed by atoms with Gasteiger partial charge in [-0.3, -0.25) is 0 Å². The lowest BCUT2D eigenvalue weighted by molar-refractivity contribution is 0.914. The van der Waals surface area contributed by atoms with Crippen molar-refractivity contribution in [3.8, 4) is 0 Å². The van der Waals surface area contributed by atoms with Gasteiger partial charge in [-0.05, 0) is 41.8 Å². The van der Waals surface area contributed by atoms with E-state index in [1.165, 1.54) is 0 Å². The van der Waals surface area contributed by atoms with E-state index in [9.17, 15) is 0 Å². The van der Waals surface area contributed by atoms with Crippen molar-refractivity contribution in [2.24, 2.45) is 0 Å². The second-order valence-corrected chi connectivity index (χ2v) is 7.20. The van der Waals surface area contributed by atoms with E-state index in [4.69, 9.17) is 34.8 Å². The molecule has 0 radical (unpaired) electrons. The summed E-state index contributed by atoms with van der Waals surface area (Å²) in [7, 11) is 0.